The van der Waals surface area contributed by atoms with Crippen LogP contribution in [0.1, 0.15) is 19.5 Å². The topological polar surface area (TPSA) is 87.8 Å². The lowest BCUT2D eigenvalue weighted by atomic mass is 10.2. The number of rotatable bonds is 7. The predicted octanol–water partition coefficient (Wildman–Crippen LogP) is 4.73. The molecule has 0 atom stereocenters. The van der Waals surface area contributed by atoms with Gasteiger partial charge in [0.15, 0.2) is 10.9 Å². The van der Waals surface area contributed by atoms with Gasteiger partial charge in [-0.25, -0.2) is 4.98 Å². The molecule has 4 aromatic rings. The van der Waals surface area contributed by atoms with Crippen molar-refractivity contribution in [1.82, 2.24) is 15.0 Å². The van der Waals surface area contributed by atoms with Gasteiger partial charge in [0.25, 0.3) is 5.56 Å². The Morgan fingerprint density at radius 1 is 1.28 bits per heavy atom. The van der Waals surface area contributed by atoms with Crippen molar-refractivity contribution >= 4 is 44.7 Å². The van der Waals surface area contributed by atoms with Gasteiger partial charge in [0.1, 0.15) is 4.83 Å². The molecular formula is C20H19N3O3S3. The SMILES string of the molecule is CC(C)COc1c[nH]c(CSc2nc3scc(-c4cccs4)c3c(=O)[nH]2)cc1=O. The standard InChI is InChI=1S/C20H19N3O3S3/c1-11(2)8-26-15-7-21-12(6-14(15)24)9-29-20-22-18(25)17-13(10-28-19(17)23-20)16-4-3-5-27-16/h3-7,10-11H,8-9H2,1-2H3,(H,21,24)(H,22,23,25). The van der Waals surface area contributed by atoms with Crippen molar-refractivity contribution in [3.8, 4) is 16.2 Å². The predicted molar refractivity (Wildman–Crippen MR) is 121 cm³/mol. The molecule has 4 aromatic heterocycles. The van der Waals surface area contributed by atoms with Gasteiger partial charge in [0.2, 0.25) is 5.43 Å². The average Bonchev–Trinajstić information content (AvgIpc) is 3.35. The molecule has 0 saturated heterocycles. The third kappa shape index (κ3) is 4.47. The molecule has 4 rings (SSSR count). The maximum Gasteiger partial charge on any atom is 0.260 e. The monoisotopic (exact) mass is 445 g/mol. The largest absolute Gasteiger partial charge is 0.488 e. The van der Waals surface area contributed by atoms with E-state index in [1.807, 2.05) is 36.7 Å². The summed E-state index contributed by atoms with van der Waals surface area (Å²) in [6.07, 6.45) is 1.59. The Hall–Kier alpha value is -2.36. The normalized spacial score (nSPS) is 11.4. The molecule has 0 aromatic carbocycles. The first kappa shape index (κ1) is 19.9. The molecule has 0 spiro atoms. The van der Waals surface area contributed by atoms with Gasteiger partial charge in [-0.2, -0.15) is 0 Å². The first-order chi connectivity index (χ1) is 14.0. The van der Waals surface area contributed by atoms with E-state index in [-0.39, 0.29) is 11.0 Å². The van der Waals surface area contributed by atoms with E-state index in [4.69, 9.17) is 4.74 Å². The number of hydrogen-bond donors (Lipinski definition) is 2. The van der Waals surface area contributed by atoms with Crippen molar-refractivity contribution in [1.29, 1.82) is 0 Å². The molecule has 0 amide bonds. The van der Waals surface area contributed by atoms with E-state index < -0.39 is 0 Å². The first-order valence-electron chi connectivity index (χ1n) is 9.04. The molecule has 29 heavy (non-hydrogen) atoms. The molecule has 0 radical (unpaired) electrons. The second-order valence-electron chi connectivity index (χ2n) is 6.86. The minimum atomic E-state index is -0.157. The minimum absolute atomic E-state index is 0.145. The van der Waals surface area contributed by atoms with E-state index in [2.05, 4.69) is 15.0 Å². The van der Waals surface area contributed by atoms with Crippen LogP contribution in [0.15, 0.2) is 49.9 Å². The number of thioether (sulfide) groups is 1. The zero-order chi connectivity index (χ0) is 20.4. The summed E-state index contributed by atoms with van der Waals surface area (Å²) in [7, 11) is 0. The highest BCUT2D eigenvalue weighted by Crippen LogP contribution is 2.34. The maximum atomic E-state index is 12.6. The summed E-state index contributed by atoms with van der Waals surface area (Å²) < 4.78 is 5.50. The molecule has 4 heterocycles. The van der Waals surface area contributed by atoms with Crippen LogP contribution in [0.3, 0.4) is 0 Å². The van der Waals surface area contributed by atoms with Gasteiger partial charge in [-0.1, -0.05) is 31.7 Å². The Kier molecular flexibility index (Phi) is 5.89. The van der Waals surface area contributed by atoms with Crippen LogP contribution in [0, 0.1) is 5.92 Å². The molecule has 0 aliphatic heterocycles. The summed E-state index contributed by atoms with van der Waals surface area (Å²) in [6.45, 7) is 4.55. The lowest BCUT2D eigenvalue weighted by molar-refractivity contribution is 0.268. The van der Waals surface area contributed by atoms with Crippen LogP contribution in [0.4, 0.5) is 0 Å². The summed E-state index contributed by atoms with van der Waals surface area (Å²) in [6, 6.07) is 5.49. The Bertz CT molecular complexity index is 1240. The van der Waals surface area contributed by atoms with Crippen LogP contribution in [-0.4, -0.2) is 21.6 Å². The van der Waals surface area contributed by atoms with Crippen LogP contribution in [0.2, 0.25) is 0 Å². The van der Waals surface area contributed by atoms with Gasteiger partial charge in [-0.15, -0.1) is 22.7 Å². The number of aromatic nitrogens is 3. The second-order valence-corrected chi connectivity index (χ2v) is 9.63. The van der Waals surface area contributed by atoms with Crippen LogP contribution >= 0.6 is 34.4 Å². The minimum Gasteiger partial charge on any atom is -0.488 e. The Morgan fingerprint density at radius 2 is 2.14 bits per heavy atom. The van der Waals surface area contributed by atoms with E-state index in [0.717, 1.165) is 16.1 Å². The van der Waals surface area contributed by atoms with Crippen LogP contribution < -0.4 is 15.7 Å². The van der Waals surface area contributed by atoms with E-state index in [9.17, 15) is 9.59 Å². The zero-order valence-electron chi connectivity index (χ0n) is 15.9. The highest BCUT2D eigenvalue weighted by Gasteiger charge is 2.14. The lowest BCUT2D eigenvalue weighted by Gasteiger charge is -2.08. The van der Waals surface area contributed by atoms with Crippen molar-refractivity contribution in [3.05, 3.63) is 61.4 Å². The van der Waals surface area contributed by atoms with Gasteiger partial charge in [-0.3, -0.25) is 9.59 Å². The van der Waals surface area contributed by atoms with Gasteiger partial charge in [-0.05, 0) is 17.4 Å². The fraction of sp³-hybridized carbons (Fsp3) is 0.250. The molecule has 9 heteroatoms. The number of pyridine rings is 1. The third-order valence-electron chi connectivity index (χ3n) is 4.08. The summed E-state index contributed by atoms with van der Waals surface area (Å²) in [5, 5.41) is 5.12. The Morgan fingerprint density at radius 3 is 2.86 bits per heavy atom. The second kappa shape index (κ2) is 8.56. The summed E-state index contributed by atoms with van der Waals surface area (Å²) >= 11 is 4.44. The third-order valence-corrected chi connectivity index (χ3v) is 6.78. The number of fused-ring (bicyclic) bond motifs is 1. The number of ether oxygens (including phenoxy) is 1. The molecule has 0 saturated carbocycles. The molecule has 0 bridgehead atoms. The highest BCUT2D eigenvalue weighted by atomic mass is 32.2. The molecular weight excluding hydrogens is 426 g/mol. The van der Waals surface area contributed by atoms with Crippen molar-refractivity contribution < 1.29 is 4.74 Å². The van der Waals surface area contributed by atoms with Crippen molar-refractivity contribution in [2.75, 3.05) is 6.61 Å². The summed E-state index contributed by atoms with van der Waals surface area (Å²) in [5.74, 6) is 1.15. The molecule has 2 N–H and O–H groups in total. The Balaban J connectivity index is 1.51. The maximum absolute atomic E-state index is 12.6. The summed E-state index contributed by atoms with van der Waals surface area (Å²) in [5.41, 5.74) is 1.36. The van der Waals surface area contributed by atoms with Crippen LogP contribution in [0.5, 0.6) is 5.75 Å². The average molecular weight is 446 g/mol. The van der Waals surface area contributed by atoms with Crippen molar-refractivity contribution in [2.45, 2.75) is 24.8 Å². The number of aromatic amines is 2. The van der Waals surface area contributed by atoms with E-state index in [1.165, 1.54) is 29.2 Å². The molecule has 0 unspecified atom stereocenters. The van der Waals surface area contributed by atoms with Crippen molar-refractivity contribution in [3.63, 3.8) is 0 Å². The summed E-state index contributed by atoms with van der Waals surface area (Å²) in [4.78, 5) is 37.1. The quantitative estimate of drug-likeness (QED) is 0.317. The van der Waals surface area contributed by atoms with Gasteiger partial charge >= 0.3 is 0 Å². The molecule has 0 fully saturated rings. The van der Waals surface area contributed by atoms with Gasteiger partial charge in [0, 0.05) is 39.5 Å². The van der Waals surface area contributed by atoms with Crippen molar-refractivity contribution in [2.24, 2.45) is 5.92 Å². The van der Waals surface area contributed by atoms with Crippen LogP contribution in [0.25, 0.3) is 20.7 Å². The Labute approximate surface area is 179 Å². The van der Waals surface area contributed by atoms with Gasteiger partial charge < -0.3 is 14.7 Å². The number of hydrogen-bond acceptors (Lipinski definition) is 7. The number of H-pyrrole nitrogens is 2. The van der Waals surface area contributed by atoms with Gasteiger partial charge in [0.05, 0.1) is 12.0 Å². The highest BCUT2D eigenvalue weighted by molar-refractivity contribution is 7.98. The first-order valence-corrected chi connectivity index (χ1v) is 11.8. The van der Waals surface area contributed by atoms with E-state index >= 15 is 0 Å². The number of thiophene rings is 2. The zero-order valence-corrected chi connectivity index (χ0v) is 18.3. The van der Waals surface area contributed by atoms with Crippen LogP contribution in [-0.2, 0) is 5.75 Å². The lowest BCUT2D eigenvalue weighted by Crippen LogP contribution is -2.13. The molecule has 150 valence electrons. The van der Waals surface area contributed by atoms with E-state index in [1.54, 1.807) is 17.5 Å². The fourth-order valence-corrected chi connectivity index (χ4v) is 5.31. The smallest absolute Gasteiger partial charge is 0.260 e. The fourth-order valence-electron chi connectivity index (χ4n) is 2.71. The number of nitrogens with zero attached hydrogens (tertiary/aromatic N) is 1. The molecule has 6 nitrogen and oxygen atoms in total. The number of nitrogens with one attached hydrogen (secondary N) is 2. The van der Waals surface area contributed by atoms with E-state index in [0.29, 0.717) is 39.4 Å². The molecule has 0 aliphatic carbocycles. The molecule has 0 aliphatic rings.